The van der Waals surface area contributed by atoms with E-state index in [4.69, 9.17) is 0 Å². The number of aromatic amines is 6. The average molecular weight is 891 g/mol. The Bertz CT molecular complexity index is 3680. The van der Waals surface area contributed by atoms with Gasteiger partial charge in [-0.25, -0.2) is 37.5 Å². The standard InChI is InChI=1S/C45H33F2N13O6/c1-21-10-22(2-6-31(21)53-41(62)50-27-4-8-33-36(17-27)58-44(65)55-33)19-48-20-23-11-24(13-29(12-23)52-40(61)49-26-3-7-32-35(16-26)57-43(64)54-32)39-30(47)14-25(46)15-38(39)60-42(63)51-28-5-9-34-37(18-28)59-45(66)56-34/h2-18H,19H2,1H3,(H11-,49,50,51,52,53,54,55,56,57,58,59,60,61,62,63,64,65,66)/p+1. The molecule has 0 bridgehead atoms. The number of nitrogens with zero attached hydrogens (tertiary/aromatic N) is 1. The van der Waals surface area contributed by atoms with Gasteiger partial charge >= 0.3 is 41.2 Å². The Balaban J connectivity index is 0.965. The molecule has 0 spiro atoms. The largest absolute Gasteiger partial charge is 0.323 e. The van der Waals surface area contributed by atoms with Gasteiger partial charge in [0.05, 0.1) is 38.8 Å². The Morgan fingerprint density at radius 3 is 1.53 bits per heavy atom. The topological polar surface area (TPSA) is 274 Å². The van der Waals surface area contributed by atoms with E-state index < -0.39 is 41.1 Å². The summed E-state index contributed by atoms with van der Waals surface area (Å²) in [6, 6.07) is 26.4. The Labute approximate surface area is 367 Å². The van der Waals surface area contributed by atoms with E-state index in [1.54, 1.807) is 61.5 Å². The van der Waals surface area contributed by atoms with Crippen molar-refractivity contribution in [2.75, 3.05) is 31.9 Å². The summed E-state index contributed by atoms with van der Waals surface area (Å²) < 4.78 is 30.7. The zero-order valence-electron chi connectivity index (χ0n) is 34.2. The number of imidazole rings is 3. The van der Waals surface area contributed by atoms with Gasteiger partial charge in [-0.2, -0.15) is 0 Å². The van der Waals surface area contributed by atoms with E-state index in [0.717, 1.165) is 17.2 Å². The Hall–Kier alpha value is -9.71. The van der Waals surface area contributed by atoms with Gasteiger partial charge in [0.15, 0.2) is 0 Å². The molecule has 6 aromatic carbocycles. The van der Waals surface area contributed by atoms with E-state index in [9.17, 15) is 33.2 Å². The van der Waals surface area contributed by atoms with Crippen LogP contribution in [0.5, 0.6) is 0 Å². The molecular formula is C45H34F2N13O6+. The van der Waals surface area contributed by atoms with Crippen molar-refractivity contribution in [3.8, 4) is 17.2 Å². The highest BCUT2D eigenvalue weighted by Gasteiger charge is 2.19. The van der Waals surface area contributed by atoms with Gasteiger partial charge in [-0.05, 0) is 115 Å². The smallest absolute Gasteiger partial charge is 0.308 e. The van der Waals surface area contributed by atoms with Crippen LogP contribution in [0, 0.1) is 24.6 Å². The van der Waals surface area contributed by atoms with Gasteiger partial charge < -0.3 is 61.8 Å². The fraction of sp³-hybridized carbons (Fsp3) is 0.0444. The van der Waals surface area contributed by atoms with Crippen molar-refractivity contribution in [2.45, 2.75) is 13.5 Å². The first-order valence-corrected chi connectivity index (χ1v) is 19.8. The Kier molecular flexibility index (Phi) is 10.9. The molecule has 0 radical (unpaired) electrons. The number of rotatable bonds is 8. The lowest BCUT2D eigenvalue weighted by Crippen LogP contribution is -2.20. The van der Waals surface area contributed by atoms with E-state index in [1.807, 2.05) is 6.07 Å². The van der Waals surface area contributed by atoms with Crippen molar-refractivity contribution in [1.82, 2.24) is 29.9 Å². The molecule has 0 saturated heterocycles. The average Bonchev–Trinajstić information content (AvgIpc) is 3.94. The van der Waals surface area contributed by atoms with Gasteiger partial charge in [0, 0.05) is 45.6 Å². The highest BCUT2D eigenvalue weighted by atomic mass is 19.1. The number of urea groups is 3. The number of anilines is 6. The van der Waals surface area contributed by atoms with Crippen LogP contribution in [-0.4, -0.2) is 48.0 Å². The first-order valence-electron chi connectivity index (χ1n) is 19.8. The number of fused-ring (bicyclic) bond motifs is 3. The molecule has 328 valence electrons. The summed E-state index contributed by atoms with van der Waals surface area (Å²) >= 11 is 0. The van der Waals surface area contributed by atoms with Gasteiger partial charge in [0.25, 0.3) is 6.54 Å². The predicted octanol–water partition coefficient (Wildman–Crippen LogP) is 8.26. The van der Waals surface area contributed by atoms with E-state index in [0.29, 0.717) is 56.2 Å². The molecule has 3 aromatic heterocycles. The van der Waals surface area contributed by atoms with Crippen LogP contribution in [0.2, 0.25) is 0 Å². The van der Waals surface area contributed by atoms with Crippen molar-refractivity contribution in [2.24, 2.45) is 0 Å². The molecule has 9 rings (SSSR count). The number of hydrogen-bond acceptors (Lipinski definition) is 6. The lowest BCUT2D eigenvalue weighted by Gasteiger charge is -2.15. The number of carbonyl (C=O) groups is 3. The molecule has 0 saturated carbocycles. The lowest BCUT2D eigenvalue weighted by molar-refractivity contribution is 0.261. The number of aryl methyl sites for hydroxylation is 1. The second kappa shape index (κ2) is 17.2. The number of benzene rings is 6. The van der Waals surface area contributed by atoms with E-state index in [2.05, 4.69) is 72.7 Å². The van der Waals surface area contributed by atoms with Crippen LogP contribution < -0.4 is 49.0 Å². The summed E-state index contributed by atoms with van der Waals surface area (Å²) in [4.78, 5) is 94.7. The first kappa shape index (κ1) is 41.6. The zero-order chi connectivity index (χ0) is 46.1. The van der Waals surface area contributed by atoms with Crippen molar-refractivity contribution in [3.63, 3.8) is 0 Å². The third-order valence-electron chi connectivity index (χ3n) is 10.1. The van der Waals surface area contributed by atoms with Crippen LogP contribution in [0.1, 0.15) is 16.7 Å². The SMILES string of the molecule is Cc1cc(C[N+]#Cc2cc(NC(=O)Nc3ccc4[nH]c(=O)[nH]c4c3)cc(-c3c(F)cc(F)cc3NC(=O)Nc3ccc4[nH]c(=O)[nH]c4c3)c2)ccc1NC(=O)Nc1ccc2[nH]c(=O)[nH]c2c1. The maximum absolute atomic E-state index is 15.9. The predicted molar refractivity (Wildman–Crippen MR) is 248 cm³/mol. The molecule has 0 aliphatic rings. The van der Waals surface area contributed by atoms with Crippen LogP contribution in [-0.2, 0) is 6.54 Å². The molecular weight excluding hydrogens is 857 g/mol. The van der Waals surface area contributed by atoms with E-state index in [-0.39, 0.29) is 46.0 Å². The maximum Gasteiger partial charge on any atom is 0.323 e. The second-order valence-electron chi connectivity index (χ2n) is 14.9. The van der Waals surface area contributed by atoms with Gasteiger partial charge in [-0.15, -0.1) is 0 Å². The van der Waals surface area contributed by atoms with E-state index in [1.165, 1.54) is 30.3 Å². The molecule has 21 heteroatoms. The van der Waals surface area contributed by atoms with Crippen LogP contribution >= 0.6 is 0 Å². The molecule has 0 atom stereocenters. The van der Waals surface area contributed by atoms with Crippen LogP contribution in [0.25, 0.3) is 49.1 Å². The summed E-state index contributed by atoms with van der Waals surface area (Å²) in [5, 5.41) is 16.0. The van der Waals surface area contributed by atoms with Crippen molar-refractivity contribution < 1.29 is 23.2 Å². The summed E-state index contributed by atoms with van der Waals surface area (Å²) in [6.07, 6.45) is 0. The molecule has 9 aromatic rings. The number of aromatic nitrogens is 6. The van der Waals surface area contributed by atoms with E-state index >= 15 is 4.39 Å². The van der Waals surface area contributed by atoms with Gasteiger partial charge in [0.2, 0.25) is 0 Å². The summed E-state index contributed by atoms with van der Waals surface area (Å²) in [6.45, 7) is 1.91. The second-order valence-corrected chi connectivity index (χ2v) is 14.9. The summed E-state index contributed by atoms with van der Waals surface area (Å²) in [5.41, 5.74) is 4.91. The molecule has 19 nitrogen and oxygen atoms in total. The first-order chi connectivity index (χ1) is 31.8. The molecule has 0 aliphatic heterocycles. The Morgan fingerprint density at radius 2 is 1.00 bits per heavy atom. The third kappa shape index (κ3) is 9.37. The fourth-order valence-corrected chi connectivity index (χ4v) is 7.25. The van der Waals surface area contributed by atoms with Gasteiger partial charge in [0.1, 0.15) is 17.2 Å². The fourth-order valence-electron chi connectivity index (χ4n) is 7.25. The normalized spacial score (nSPS) is 11.0. The monoisotopic (exact) mass is 890 g/mol. The van der Waals surface area contributed by atoms with Crippen molar-refractivity contribution in [1.29, 1.82) is 0 Å². The minimum absolute atomic E-state index is 0.0989. The van der Waals surface area contributed by atoms with Gasteiger partial charge in [-0.3, -0.25) is 0 Å². The molecule has 0 aliphatic carbocycles. The summed E-state index contributed by atoms with van der Waals surface area (Å²) in [7, 11) is 0. The zero-order valence-corrected chi connectivity index (χ0v) is 34.2. The summed E-state index contributed by atoms with van der Waals surface area (Å²) in [5.74, 6) is -2.02. The van der Waals surface area contributed by atoms with Crippen molar-refractivity contribution >= 4 is 85.3 Å². The van der Waals surface area contributed by atoms with Crippen molar-refractivity contribution in [3.05, 3.63) is 168 Å². The molecule has 6 amide bonds. The number of hydrogen-bond donors (Lipinski definition) is 12. The number of H-pyrrole nitrogens is 6. The molecule has 0 fully saturated rings. The number of nitrogens with one attached hydrogen (secondary N) is 12. The number of amides is 6. The van der Waals surface area contributed by atoms with Gasteiger partial charge in [-0.1, -0.05) is 4.85 Å². The highest BCUT2D eigenvalue weighted by molar-refractivity contribution is 6.05. The number of halogens is 2. The van der Waals surface area contributed by atoms with Crippen LogP contribution in [0.3, 0.4) is 0 Å². The lowest BCUT2D eigenvalue weighted by atomic mass is 9.99. The van der Waals surface area contributed by atoms with Crippen LogP contribution in [0.4, 0.5) is 57.3 Å². The molecule has 12 N–H and O–H groups in total. The molecule has 0 unspecified atom stereocenters. The quantitative estimate of drug-likeness (QED) is 0.0713. The Morgan fingerprint density at radius 1 is 0.515 bits per heavy atom. The molecule has 66 heavy (non-hydrogen) atoms. The maximum atomic E-state index is 15.9. The van der Waals surface area contributed by atoms with Crippen LogP contribution in [0.15, 0.2) is 118 Å². The number of carbonyl (C=O) groups excluding carboxylic acids is 3. The third-order valence-corrected chi connectivity index (χ3v) is 10.1. The minimum atomic E-state index is -1.04. The minimum Gasteiger partial charge on any atom is -0.308 e. The highest BCUT2D eigenvalue weighted by Crippen LogP contribution is 2.35. The molecule has 3 heterocycles.